The number of nitrogens with zero attached hydrogens (tertiary/aromatic N) is 2. The minimum atomic E-state index is -0.320. The summed E-state index contributed by atoms with van der Waals surface area (Å²) in [6, 6.07) is 7.63. The molecule has 1 N–H and O–H groups in total. The number of alkyl carbamates (subject to hydrolysis) is 1. The molecule has 1 unspecified atom stereocenters. The van der Waals surface area contributed by atoms with Gasteiger partial charge in [0, 0.05) is 18.3 Å². The number of benzene rings is 1. The maximum atomic E-state index is 14.1. The fraction of sp³-hybridized carbons (Fsp3) is 0.478. The van der Waals surface area contributed by atoms with Gasteiger partial charge in [0.1, 0.15) is 11.9 Å². The van der Waals surface area contributed by atoms with Crippen LogP contribution in [0.4, 0.5) is 9.18 Å². The lowest BCUT2D eigenvalue weighted by Crippen LogP contribution is -2.52. The second-order valence-corrected chi connectivity index (χ2v) is 8.44. The number of piperidine rings is 3. The van der Waals surface area contributed by atoms with Gasteiger partial charge in [-0.05, 0) is 73.9 Å². The normalized spacial score (nSPS) is 27.9. The first-order chi connectivity index (χ1) is 14.2. The molecule has 1 aromatic carbocycles. The van der Waals surface area contributed by atoms with Crippen LogP contribution in [0.3, 0.4) is 0 Å². The summed E-state index contributed by atoms with van der Waals surface area (Å²) in [5.74, 6) is 0.182. The Morgan fingerprint density at radius 3 is 2.83 bits per heavy atom. The second-order valence-electron chi connectivity index (χ2n) is 8.44. The van der Waals surface area contributed by atoms with E-state index in [1.807, 2.05) is 18.2 Å². The van der Waals surface area contributed by atoms with E-state index in [4.69, 9.17) is 4.74 Å². The fourth-order valence-electron chi connectivity index (χ4n) is 5.10. The molecule has 6 rings (SSSR count). The van der Waals surface area contributed by atoms with Crippen LogP contribution in [-0.4, -0.2) is 41.7 Å². The number of ether oxygens (including phenoxy) is 1. The Hall–Kier alpha value is -2.47. The first-order valence-electron chi connectivity index (χ1n) is 10.6. The van der Waals surface area contributed by atoms with Gasteiger partial charge in [-0.1, -0.05) is 18.2 Å². The van der Waals surface area contributed by atoms with Gasteiger partial charge in [0.15, 0.2) is 0 Å². The summed E-state index contributed by atoms with van der Waals surface area (Å²) in [6.07, 6.45) is 7.60. The van der Waals surface area contributed by atoms with E-state index in [1.165, 1.54) is 6.20 Å². The summed E-state index contributed by atoms with van der Waals surface area (Å²) in [6.45, 7) is 3.12. The number of fused-ring (bicyclic) bond motifs is 4. The number of nitrogens with one attached hydrogen (secondary N) is 1. The Balaban J connectivity index is 1.29. The number of amides is 1. The number of carbonyl (C=O) groups is 1. The molecule has 4 heterocycles. The highest BCUT2D eigenvalue weighted by Gasteiger charge is 2.37. The molecule has 4 aliphatic rings. The van der Waals surface area contributed by atoms with E-state index >= 15 is 0 Å². The van der Waals surface area contributed by atoms with E-state index in [9.17, 15) is 9.18 Å². The van der Waals surface area contributed by atoms with Gasteiger partial charge < -0.3 is 10.1 Å². The molecule has 29 heavy (non-hydrogen) atoms. The first-order valence-corrected chi connectivity index (χ1v) is 10.6. The van der Waals surface area contributed by atoms with Gasteiger partial charge >= 0.3 is 6.09 Å². The summed E-state index contributed by atoms with van der Waals surface area (Å²) in [5.41, 5.74) is 3.68. The maximum absolute atomic E-state index is 14.1. The third-order valence-electron chi connectivity index (χ3n) is 6.69. The van der Waals surface area contributed by atoms with E-state index in [2.05, 4.69) is 15.2 Å². The van der Waals surface area contributed by atoms with Crippen LogP contribution >= 0.6 is 0 Å². The molecule has 1 amide bonds. The van der Waals surface area contributed by atoms with E-state index in [-0.39, 0.29) is 24.1 Å². The number of carbonyl (C=O) groups excluding carboxylic acids is 1. The highest BCUT2D eigenvalue weighted by Crippen LogP contribution is 2.34. The number of halogens is 1. The molecule has 0 saturated carbocycles. The lowest BCUT2D eigenvalue weighted by molar-refractivity contribution is -0.0340. The predicted octanol–water partition coefficient (Wildman–Crippen LogP) is 4.09. The van der Waals surface area contributed by atoms with Crippen LogP contribution in [-0.2, 0) is 11.2 Å². The monoisotopic (exact) mass is 395 g/mol. The van der Waals surface area contributed by atoms with Crippen LogP contribution in [0.2, 0.25) is 0 Å². The third kappa shape index (κ3) is 3.73. The molecule has 2 bridgehead atoms. The van der Waals surface area contributed by atoms with Crippen molar-refractivity contribution in [3.63, 3.8) is 0 Å². The van der Waals surface area contributed by atoms with E-state index in [1.54, 1.807) is 12.3 Å². The number of hydrogen-bond donors (Lipinski definition) is 1. The Kier molecular flexibility index (Phi) is 4.96. The number of pyridine rings is 1. The first kappa shape index (κ1) is 18.6. The van der Waals surface area contributed by atoms with Gasteiger partial charge in [0.25, 0.3) is 0 Å². The van der Waals surface area contributed by atoms with Gasteiger partial charge in [-0.2, -0.15) is 0 Å². The lowest BCUT2D eigenvalue weighted by Gasteiger charge is -2.44. The van der Waals surface area contributed by atoms with Crippen molar-refractivity contribution in [3.05, 3.63) is 53.6 Å². The van der Waals surface area contributed by atoms with E-state index < -0.39 is 0 Å². The van der Waals surface area contributed by atoms with Crippen molar-refractivity contribution in [2.75, 3.05) is 19.6 Å². The fourth-order valence-corrected chi connectivity index (χ4v) is 5.10. The Bertz CT molecular complexity index is 911. The van der Waals surface area contributed by atoms with Crippen molar-refractivity contribution in [1.29, 1.82) is 0 Å². The standard InChI is InChI=1S/C23H26FN3O2/c24-20-13-25-9-6-18(20)17-4-5-19-16(12-17)2-1-3-21(19)26-23(28)29-22-14-27-10-7-15(22)8-11-27/h4-6,9,12-13,15,21-22H,1-3,7-8,10-11,14H2,(H,26,28)/t21?,22-/m1/s1. The van der Waals surface area contributed by atoms with Gasteiger partial charge in [0.05, 0.1) is 12.2 Å². The quantitative estimate of drug-likeness (QED) is 0.851. The van der Waals surface area contributed by atoms with Crippen LogP contribution in [0.5, 0.6) is 0 Å². The van der Waals surface area contributed by atoms with Crippen LogP contribution in [0.15, 0.2) is 36.7 Å². The SMILES string of the molecule is O=C(NC1CCCc2cc(-c3ccncc3F)ccc21)O[C@@H]1CN2CCC1CC2. The van der Waals surface area contributed by atoms with Crippen molar-refractivity contribution < 1.29 is 13.9 Å². The van der Waals surface area contributed by atoms with E-state index in [0.717, 1.165) is 68.4 Å². The number of hydrogen-bond acceptors (Lipinski definition) is 4. The molecule has 3 aliphatic heterocycles. The molecule has 2 aromatic rings. The van der Waals surface area contributed by atoms with Crippen molar-refractivity contribution in [2.24, 2.45) is 5.92 Å². The summed E-state index contributed by atoms with van der Waals surface area (Å²) in [7, 11) is 0. The van der Waals surface area contributed by atoms with Crippen molar-refractivity contribution >= 4 is 6.09 Å². The van der Waals surface area contributed by atoms with Gasteiger partial charge in [-0.25, -0.2) is 9.18 Å². The van der Waals surface area contributed by atoms with Crippen LogP contribution < -0.4 is 5.32 Å². The van der Waals surface area contributed by atoms with Crippen LogP contribution in [0.1, 0.15) is 42.9 Å². The molecular formula is C23H26FN3O2. The molecule has 0 spiro atoms. The molecule has 6 heteroatoms. The minimum absolute atomic E-state index is 0.0117. The number of aromatic nitrogens is 1. The zero-order chi connectivity index (χ0) is 19.8. The second kappa shape index (κ2) is 7.75. The van der Waals surface area contributed by atoms with Crippen LogP contribution in [0, 0.1) is 11.7 Å². The molecular weight excluding hydrogens is 369 g/mol. The molecule has 5 nitrogen and oxygen atoms in total. The van der Waals surface area contributed by atoms with Crippen molar-refractivity contribution in [3.8, 4) is 11.1 Å². The average Bonchev–Trinajstić information content (AvgIpc) is 2.75. The highest BCUT2D eigenvalue weighted by atomic mass is 19.1. The van der Waals surface area contributed by atoms with E-state index in [0.29, 0.717) is 11.5 Å². The largest absolute Gasteiger partial charge is 0.445 e. The maximum Gasteiger partial charge on any atom is 0.407 e. The topological polar surface area (TPSA) is 54.5 Å². The smallest absolute Gasteiger partial charge is 0.407 e. The summed E-state index contributed by atoms with van der Waals surface area (Å²) >= 11 is 0. The van der Waals surface area contributed by atoms with Gasteiger partial charge in [0.2, 0.25) is 0 Å². The predicted molar refractivity (Wildman–Crippen MR) is 108 cm³/mol. The summed E-state index contributed by atoms with van der Waals surface area (Å²) < 4.78 is 19.9. The van der Waals surface area contributed by atoms with Gasteiger partial charge in [-0.3, -0.25) is 9.88 Å². The Morgan fingerprint density at radius 1 is 1.21 bits per heavy atom. The Morgan fingerprint density at radius 2 is 2.07 bits per heavy atom. The average molecular weight is 395 g/mol. The summed E-state index contributed by atoms with van der Waals surface area (Å²) in [5, 5.41) is 3.09. The number of aryl methyl sites for hydroxylation is 1. The lowest BCUT2D eigenvalue weighted by atomic mass is 9.85. The molecule has 1 aliphatic carbocycles. The van der Waals surface area contributed by atoms with Crippen LogP contribution in [0.25, 0.3) is 11.1 Å². The molecule has 152 valence electrons. The molecule has 3 fully saturated rings. The Labute approximate surface area is 170 Å². The third-order valence-corrected chi connectivity index (χ3v) is 6.69. The van der Waals surface area contributed by atoms with Gasteiger partial charge in [-0.15, -0.1) is 0 Å². The zero-order valence-corrected chi connectivity index (χ0v) is 16.4. The number of rotatable bonds is 3. The van der Waals surface area contributed by atoms with Crippen molar-refractivity contribution in [2.45, 2.75) is 44.2 Å². The highest BCUT2D eigenvalue weighted by molar-refractivity contribution is 5.69. The van der Waals surface area contributed by atoms with Crippen molar-refractivity contribution in [1.82, 2.24) is 15.2 Å². The molecule has 1 aromatic heterocycles. The molecule has 0 radical (unpaired) electrons. The summed E-state index contributed by atoms with van der Waals surface area (Å²) in [4.78, 5) is 18.8. The minimum Gasteiger partial charge on any atom is -0.445 e. The zero-order valence-electron chi connectivity index (χ0n) is 16.4. The molecule has 2 atom stereocenters. The molecule has 3 saturated heterocycles.